The lowest BCUT2D eigenvalue weighted by atomic mass is 10.1. The fourth-order valence-electron chi connectivity index (χ4n) is 2.51. The van der Waals surface area contributed by atoms with Crippen LogP contribution in [0.1, 0.15) is 30.3 Å². The molecule has 0 saturated heterocycles. The Morgan fingerprint density at radius 1 is 1.22 bits per heavy atom. The first-order chi connectivity index (χ1) is 11.3. The summed E-state index contributed by atoms with van der Waals surface area (Å²) < 4.78 is 5.88. The molecule has 6 heteroatoms. The molecule has 0 aliphatic carbocycles. The number of hydrogen-bond acceptors (Lipinski definition) is 6. The first kappa shape index (κ1) is 15.7. The summed E-state index contributed by atoms with van der Waals surface area (Å²) in [6.45, 7) is 7.62. The van der Waals surface area contributed by atoms with Gasteiger partial charge >= 0.3 is 0 Å². The number of fused-ring (bicyclic) bond motifs is 1. The van der Waals surface area contributed by atoms with Crippen LogP contribution < -0.4 is 4.90 Å². The number of rotatable bonds is 2. The van der Waals surface area contributed by atoms with Crippen molar-refractivity contribution in [3.63, 3.8) is 0 Å². The number of oxazole rings is 1. The molecule has 0 amide bonds. The Bertz CT molecular complexity index is 766. The topological polar surface area (TPSA) is 55.1 Å². The van der Waals surface area contributed by atoms with E-state index in [4.69, 9.17) is 4.42 Å². The summed E-state index contributed by atoms with van der Waals surface area (Å²) in [6.07, 6.45) is 2.67. The summed E-state index contributed by atoms with van der Waals surface area (Å²) in [5, 5.41) is 3.01. The van der Waals surface area contributed by atoms with Gasteiger partial charge in [-0.3, -0.25) is 0 Å². The normalized spacial score (nSPS) is 13.3. The lowest BCUT2D eigenvalue weighted by Crippen LogP contribution is -2.30. The summed E-state index contributed by atoms with van der Waals surface area (Å²) in [7, 11) is 0. The van der Waals surface area contributed by atoms with Crippen LogP contribution in [0.25, 0.3) is 11.6 Å². The summed E-state index contributed by atoms with van der Waals surface area (Å²) in [4.78, 5) is 15.7. The van der Waals surface area contributed by atoms with Gasteiger partial charge in [-0.25, -0.2) is 15.0 Å². The molecule has 4 rings (SSSR count). The summed E-state index contributed by atoms with van der Waals surface area (Å²) >= 11 is 1.61. The van der Waals surface area contributed by atoms with Crippen molar-refractivity contribution in [3.05, 3.63) is 46.2 Å². The van der Waals surface area contributed by atoms with Crippen LogP contribution in [0.15, 0.2) is 34.2 Å². The van der Waals surface area contributed by atoms with Gasteiger partial charge in [-0.2, -0.15) is 0 Å². The summed E-state index contributed by atoms with van der Waals surface area (Å²) in [5.41, 5.74) is 1.82. The van der Waals surface area contributed by atoms with Crippen LogP contribution in [0, 0.1) is 6.92 Å². The highest BCUT2D eigenvalue weighted by molar-refractivity contribution is 7.09. The van der Waals surface area contributed by atoms with Gasteiger partial charge in [0.1, 0.15) is 23.0 Å². The minimum Gasteiger partial charge on any atom is -0.439 e. The second-order valence-corrected chi connectivity index (χ2v) is 6.06. The van der Waals surface area contributed by atoms with E-state index in [1.807, 2.05) is 50.5 Å². The Morgan fingerprint density at radius 3 is 2.78 bits per heavy atom. The maximum Gasteiger partial charge on any atom is 0.246 e. The molecule has 0 fully saturated rings. The highest BCUT2D eigenvalue weighted by atomic mass is 32.1. The number of nitrogens with zero attached hydrogens (tertiary/aromatic N) is 4. The second kappa shape index (κ2) is 6.91. The van der Waals surface area contributed by atoms with Gasteiger partial charge in [-0.1, -0.05) is 19.9 Å². The minimum atomic E-state index is 0.632. The molecular formula is C17H20N4OS. The van der Waals surface area contributed by atoms with E-state index in [0.717, 1.165) is 47.5 Å². The van der Waals surface area contributed by atoms with Crippen LogP contribution in [0.3, 0.4) is 0 Å². The number of pyridine rings is 1. The van der Waals surface area contributed by atoms with Crippen molar-refractivity contribution < 1.29 is 4.42 Å². The minimum absolute atomic E-state index is 0.632. The molecule has 0 atom stereocenters. The molecule has 0 saturated carbocycles. The number of anilines is 1. The van der Waals surface area contributed by atoms with Crippen molar-refractivity contribution >= 4 is 17.2 Å². The Kier molecular flexibility index (Phi) is 4.71. The zero-order valence-corrected chi connectivity index (χ0v) is 14.4. The zero-order valence-electron chi connectivity index (χ0n) is 13.6. The van der Waals surface area contributed by atoms with Crippen LogP contribution in [-0.2, 0) is 13.0 Å². The molecule has 23 heavy (non-hydrogen) atoms. The monoisotopic (exact) mass is 328 g/mol. The van der Waals surface area contributed by atoms with Crippen LogP contribution in [-0.4, -0.2) is 21.5 Å². The Hall–Kier alpha value is -2.21. The largest absolute Gasteiger partial charge is 0.439 e. The lowest BCUT2D eigenvalue weighted by molar-refractivity contribution is 0.497. The van der Waals surface area contributed by atoms with Crippen molar-refractivity contribution in [3.8, 4) is 11.6 Å². The summed E-state index contributed by atoms with van der Waals surface area (Å²) in [5.74, 6) is 2.59. The highest BCUT2D eigenvalue weighted by Gasteiger charge is 2.24. The number of aromatic nitrogens is 3. The van der Waals surface area contributed by atoms with Gasteiger partial charge in [0.25, 0.3) is 0 Å². The molecule has 0 spiro atoms. The molecule has 120 valence electrons. The van der Waals surface area contributed by atoms with Crippen molar-refractivity contribution in [1.82, 2.24) is 15.0 Å². The van der Waals surface area contributed by atoms with Crippen LogP contribution in [0.4, 0.5) is 5.82 Å². The van der Waals surface area contributed by atoms with Crippen LogP contribution in [0.5, 0.6) is 0 Å². The average Bonchev–Trinajstić information content (AvgIpc) is 3.22. The first-order valence-corrected chi connectivity index (χ1v) is 8.74. The number of thiazole rings is 1. The molecule has 0 radical (unpaired) electrons. The Balaban J connectivity index is 0.000000753. The number of hydrogen-bond donors (Lipinski definition) is 0. The fourth-order valence-corrected chi connectivity index (χ4v) is 3.09. The van der Waals surface area contributed by atoms with Gasteiger partial charge in [-0.05, 0) is 19.1 Å². The zero-order chi connectivity index (χ0) is 16.2. The molecule has 4 heterocycles. The molecule has 3 aromatic rings. The molecule has 0 aromatic carbocycles. The quantitative estimate of drug-likeness (QED) is 0.709. The smallest absolute Gasteiger partial charge is 0.246 e. The third-order valence-corrected chi connectivity index (χ3v) is 4.31. The predicted molar refractivity (Wildman–Crippen MR) is 92.7 cm³/mol. The molecule has 0 N–H and O–H groups in total. The van der Waals surface area contributed by atoms with E-state index in [1.165, 1.54) is 0 Å². The maximum absolute atomic E-state index is 5.88. The second-order valence-electron chi connectivity index (χ2n) is 5.00. The van der Waals surface area contributed by atoms with E-state index in [1.54, 1.807) is 11.3 Å². The van der Waals surface area contributed by atoms with Gasteiger partial charge in [0.15, 0.2) is 0 Å². The van der Waals surface area contributed by atoms with Crippen LogP contribution >= 0.6 is 11.3 Å². The standard InChI is InChI=1S/C15H14N4OS.C2H6/c1-10-17-12(9-21-10)15-18-11-8-19(7-5-13(11)20-15)14-4-2-3-6-16-14;1-2/h2-4,6,9H,5,7-8H2,1H3;1-2H3. The molecule has 1 aliphatic rings. The number of aryl methyl sites for hydroxylation is 1. The third-order valence-electron chi connectivity index (χ3n) is 3.54. The van der Waals surface area contributed by atoms with Gasteiger partial charge in [0, 0.05) is 24.5 Å². The third kappa shape index (κ3) is 3.27. The predicted octanol–water partition coefficient (Wildman–Crippen LogP) is 4.09. The fraction of sp³-hybridized carbons (Fsp3) is 0.353. The maximum atomic E-state index is 5.88. The van der Waals surface area contributed by atoms with Gasteiger partial charge < -0.3 is 9.32 Å². The van der Waals surface area contributed by atoms with Crippen molar-refractivity contribution in [2.45, 2.75) is 33.7 Å². The van der Waals surface area contributed by atoms with Crippen molar-refractivity contribution in [1.29, 1.82) is 0 Å². The Labute approximate surface area is 140 Å². The van der Waals surface area contributed by atoms with Crippen molar-refractivity contribution in [2.75, 3.05) is 11.4 Å². The highest BCUT2D eigenvalue weighted by Crippen LogP contribution is 2.28. The van der Waals surface area contributed by atoms with Gasteiger partial charge in [-0.15, -0.1) is 11.3 Å². The van der Waals surface area contributed by atoms with E-state index in [0.29, 0.717) is 5.89 Å². The van der Waals surface area contributed by atoms with E-state index in [2.05, 4.69) is 19.9 Å². The van der Waals surface area contributed by atoms with E-state index in [9.17, 15) is 0 Å². The van der Waals surface area contributed by atoms with E-state index in [-0.39, 0.29) is 0 Å². The lowest BCUT2D eigenvalue weighted by Gasteiger charge is -2.26. The molecule has 0 bridgehead atoms. The van der Waals surface area contributed by atoms with E-state index < -0.39 is 0 Å². The van der Waals surface area contributed by atoms with Crippen molar-refractivity contribution in [2.24, 2.45) is 0 Å². The summed E-state index contributed by atoms with van der Waals surface area (Å²) in [6, 6.07) is 5.96. The molecule has 1 aliphatic heterocycles. The van der Waals surface area contributed by atoms with Gasteiger partial charge in [0.05, 0.1) is 11.6 Å². The first-order valence-electron chi connectivity index (χ1n) is 7.86. The molecule has 3 aromatic heterocycles. The SMILES string of the molecule is CC.Cc1nc(-c2nc3c(o2)CCN(c2ccccn2)C3)cs1. The molecule has 0 unspecified atom stereocenters. The van der Waals surface area contributed by atoms with Gasteiger partial charge in [0.2, 0.25) is 5.89 Å². The molecule has 5 nitrogen and oxygen atoms in total. The van der Waals surface area contributed by atoms with Crippen LogP contribution in [0.2, 0.25) is 0 Å². The van der Waals surface area contributed by atoms with E-state index >= 15 is 0 Å². The molecular weight excluding hydrogens is 308 g/mol. The Morgan fingerprint density at radius 2 is 2.09 bits per heavy atom. The average molecular weight is 328 g/mol.